The third-order valence-electron chi connectivity index (χ3n) is 4.67. The Hall–Kier alpha value is -4.58. The zero-order valence-corrected chi connectivity index (χ0v) is 18.2. The van der Waals surface area contributed by atoms with Gasteiger partial charge in [0.05, 0.1) is 37.9 Å². The molecule has 10 nitrogen and oxygen atoms in total. The van der Waals surface area contributed by atoms with E-state index in [0.29, 0.717) is 11.1 Å². The summed E-state index contributed by atoms with van der Waals surface area (Å²) in [6.07, 6.45) is 1.29. The molecule has 3 aromatic carbocycles. The second-order valence-corrected chi connectivity index (χ2v) is 8.14. The number of thiazole rings is 1. The lowest BCUT2D eigenvalue weighted by Gasteiger charge is -2.13. The Morgan fingerprint density at radius 2 is 1.68 bits per heavy atom. The molecule has 4 aromatic rings. The Labute approximate surface area is 194 Å². The van der Waals surface area contributed by atoms with Crippen LogP contribution in [0.3, 0.4) is 0 Å². The maximum Gasteiger partial charge on any atom is 0.281 e. The van der Waals surface area contributed by atoms with Gasteiger partial charge in [0, 0.05) is 12.1 Å². The summed E-state index contributed by atoms with van der Waals surface area (Å²) in [6.45, 7) is 1.90. The van der Waals surface area contributed by atoms with Crippen molar-refractivity contribution in [2.45, 2.75) is 6.92 Å². The molecule has 0 spiro atoms. The minimum Gasteiger partial charge on any atom is -0.267 e. The SMILES string of the molecule is Cc1ccc2nc(N(/N=C/c3ccc(F)cc3)C(=O)c3cc([N+](=O)[O-])cc([N+](=O)[O-])c3)sc2c1. The number of benzene rings is 3. The Balaban J connectivity index is 1.82. The number of rotatable bonds is 6. The van der Waals surface area contributed by atoms with E-state index in [1.807, 2.05) is 19.1 Å². The largest absolute Gasteiger partial charge is 0.281 e. The number of aromatic nitrogens is 1. The van der Waals surface area contributed by atoms with Gasteiger partial charge < -0.3 is 0 Å². The molecule has 34 heavy (non-hydrogen) atoms. The Morgan fingerprint density at radius 1 is 1.03 bits per heavy atom. The van der Waals surface area contributed by atoms with E-state index in [4.69, 9.17) is 0 Å². The van der Waals surface area contributed by atoms with E-state index in [-0.39, 0.29) is 10.7 Å². The highest BCUT2D eigenvalue weighted by Gasteiger charge is 2.26. The predicted molar refractivity (Wildman–Crippen MR) is 125 cm³/mol. The molecular formula is C22H14FN5O5S. The smallest absolute Gasteiger partial charge is 0.267 e. The zero-order chi connectivity index (χ0) is 24.4. The summed E-state index contributed by atoms with van der Waals surface area (Å²) in [4.78, 5) is 38.7. The predicted octanol–water partition coefficient (Wildman–Crippen LogP) is 5.24. The maximum absolute atomic E-state index is 13.4. The van der Waals surface area contributed by atoms with Gasteiger partial charge >= 0.3 is 0 Å². The van der Waals surface area contributed by atoms with Crippen molar-refractivity contribution >= 4 is 50.2 Å². The molecule has 0 aliphatic rings. The first kappa shape index (κ1) is 22.6. The van der Waals surface area contributed by atoms with E-state index >= 15 is 0 Å². The van der Waals surface area contributed by atoms with E-state index < -0.39 is 32.9 Å². The summed E-state index contributed by atoms with van der Waals surface area (Å²) in [5.41, 5.74) is 0.517. The molecule has 0 radical (unpaired) electrons. The summed E-state index contributed by atoms with van der Waals surface area (Å²) in [6, 6.07) is 13.5. The van der Waals surface area contributed by atoms with Gasteiger partial charge in [0.2, 0.25) is 5.13 Å². The molecule has 0 saturated heterocycles. The second-order valence-electron chi connectivity index (χ2n) is 7.13. The number of nitrogens with zero attached hydrogens (tertiary/aromatic N) is 5. The van der Waals surface area contributed by atoms with Crippen LogP contribution in [0, 0.1) is 33.0 Å². The normalized spacial score (nSPS) is 11.1. The number of halogens is 1. The number of non-ortho nitro benzene ring substituents is 2. The molecule has 1 amide bonds. The van der Waals surface area contributed by atoms with Gasteiger partial charge in [0.15, 0.2) is 0 Å². The highest BCUT2D eigenvalue weighted by Crippen LogP contribution is 2.32. The Kier molecular flexibility index (Phi) is 6.06. The summed E-state index contributed by atoms with van der Waals surface area (Å²) < 4.78 is 14.0. The van der Waals surface area contributed by atoms with Gasteiger partial charge in [-0.25, -0.2) is 9.37 Å². The summed E-state index contributed by atoms with van der Waals surface area (Å²) in [7, 11) is 0. The van der Waals surface area contributed by atoms with Crippen molar-refractivity contribution in [3.63, 3.8) is 0 Å². The highest BCUT2D eigenvalue weighted by molar-refractivity contribution is 7.22. The lowest BCUT2D eigenvalue weighted by atomic mass is 10.1. The Morgan fingerprint density at radius 3 is 2.29 bits per heavy atom. The number of fused-ring (bicyclic) bond motifs is 1. The minimum atomic E-state index is -0.860. The number of nitro groups is 2. The van der Waals surface area contributed by atoms with Crippen molar-refractivity contribution < 1.29 is 19.0 Å². The van der Waals surface area contributed by atoms with Gasteiger partial charge in [-0.15, -0.1) is 0 Å². The van der Waals surface area contributed by atoms with Crippen LogP contribution in [0.2, 0.25) is 0 Å². The third kappa shape index (κ3) is 4.76. The fourth-order valence-corrected chi connectivity index (χ4v) is 4.04. The van der Waals surface area contributed by atoms with Crippen LogP contribution in [0.5, 0.6) is 0 Å². The van der Waals surface area contributed by atoms with Gasteiger partial charge in [-0.3, -0.25) is 25.0 Å². The van der Waals surface area contributed by atoms with Crippen LogP contribution >= 0.6 is 11.3 Å². The topological polar surface area (TPSA) is 132 Å². The van der Waals surface area contributed by atoms with E-state index in [0.717, 1.165) is 44.8 Å². The molecule has 0 atom stereocenters. The molecule has 0 fully saturated rings. The number of carbonyl (C=O) groups is 1. The van der Waals surface area contributed by atoms with Gasteiger partial charge in [-0.1, -0.05) is 29.5 Å². The molecule has 0 bridgehead atoms. The van der Waals surface area contributed by atoms with Gasteiger partial charge in [-0.2, -0.15) is 10.1 Å². The van der Waals surface area contributed by atoms with Crippen LogP contribution in [0.4, 0.5) is 20.9 Å². The third-order valence-corrected chi connectivity index (χ3v) is 5.66. The first-order chi connectivity index (χ1) is 16.2. The number of amides is 1. The molecule has 4 rings (SSSR count). The molecule has 1 aromatic heterocycles. The zero-order valence-electron chi connectivity index (χ0n) is 17.4. The van der Waals surface area contributed by atoms with E-state index in [1.165, 1.54) is 30.5 Å². The molecule has 0 unspecified atom stereocenters. The number of hydrazone groups is 1. The minimum absolute atomic E-state index is 0.151. The molecule has 0 aliphatic heterocycles. The number of carbonyl (C=O) groups excluding carboxylic acids is 1. The van der Waals surface area contributed by atoms with E-state index in [1.54, 1.807) is 6.07 Å². The summed E-state index contributed by atoms with van der Waals surface area (Å²) in [5, 5.41) is 27.8. The molecule has 170 valence electrons. The number of hydrogen-bond donors (Lipinski definition) is 0. The number of aryl methyl sites for hydroxylation is 1. The van der Waals surface area contributed by atoms with Crippen molar-refractivity contribution in [2.24, 2.45) is 5.10 Å². The average molecular weight is 479 g/mol. The van der Waals surface area contributed by atoms with Crippen molar-refractivity contribution in [3.05, 3.63) is 103 Å². The summed E-state index contributed by atoms with van der Waals surface area (Å²) in [5.74, 6) is -1.31. The first-order valence-electron chi connectivity index (χ1n) is 9.66. The highest BCUT2D eigenvalue weighted by atomic mass is 32.1. The number of anilines is 1. The Bertz CT molecular complexity index is 1440. The standard InChI is InChI=1S/C22H14FN5O5S/c1-13-2-7-19-20(8-13)34-22(25-19)26(24-12-14-3-5-16(23)6-4-14)21(29)15-9-17(27(30)31)11-18(10-15)28(32)33/h2-12H,1H3/b24-12+. The van der Waals surface area contributed by atoms with Gasteiger partial charge in [0.25, 0.3) is 17.3 Å². The van der Waals surface area contributed by atoms with Crippen LogP contribution in [0.25, 0.3) is 10.2 Å². The van der Waals surface area contributed by atoms with Crippen molar-refractivity contribution in [2.75, 3.05) is 5.01 Å². The molecule has 0 saturated carbocycles. The van der Waals surface area contributed by atoms with E-state index in [9.17, 15) is 29.4 Å². The number of hydrogen-bond acceptors (Lipinski definition) is 8. The fraction of sp³-hybridized carbons (Fsp3) is 0.0455. The molecular weight excluding hydrogens is 465 g/mol. The average Bonchev–Trinajstić information content (AvgIpc) is 3.22. The summed E-state index contributed by atoms with van der Waals surface area (Å²) >= 11 is 1.15. The first-order valence-corrected chi connectivity index (χ1v) is 10.5. The van der Waals surface area contributed by atoms with Crippen LogP contribution < -0.4 is 5.01 Å². The van der Waals surface area contributed by atoms with Crippen molar-refractivity contribution in [3.8, 4) is 0 Å². The van der Waals surface area contributed by atoms with Crippen LogP contribution in [0.15, 0.2) is 65.8 Å². The van der Waals surface area contributed by atoms with E-state index in [2.05, 4.69) is 10.1 Å². The quantitative estimate of drug-likeness (QED) is 0.211. The molecule has 12 heteroatoms. The van der Waals surface area contributed by atoms with Gasteiger partial charge in [-0.05, 0) is 42.3 Å². The van der Waals surface area contributed by atoms with Gasteiger partial charge in [0.1, 0.15) is 5.82 Å². The lowest BCUT2D eigenvalue weighted by Crippen LogP contribution is -2.25. The number of nitro benzene ring substituents is 2. The lowest BCUT2D eigenvalue weighted by molar-refractivity contribution is -0.394. The molecule has 0 aliphatic carbocycles. The van der Waals surface area contributed by atoms with Crippen LogP contribution in [0.1, 0.15) is 21.5 Å². The molecule has 0 N–H and O–H groups in total. The van der Waals surface area contributed by atoms with Crippen LogP contribution in [-0.4, -0.2) is 27.0 Å². The van der Waals surface area contributed by atoms with Crippen LogP contribution in [-0.2, 0) is 0 Å². The van der Waals surface area contributed by atoms with Crippen molar-refractivity contribution in [1.29, 1.82) is 0 Å². The maximum atomic E-state index is 13.4. The molecule has 1 heterocycles. The monoisotopic (exact) mass is 479 g/mol. The fourth-order valence-electron chi connectivity index (χ4n) is 3.02. The second kappa shape index (κ2) is 9.11. The van der Waals surface area contributed by atoms with Crippen molar-refractivity contribution in [1.82, 2.24) is 4.98 Å².